The fraction of sp³-hybridized carbons (Fsp3) is 0.500. The molecule has 1 fully saturated rings. The molecule has 0 bridgehead atoms. The number of rotatable bonds is 8. The van der Waals surface area contributed by atoms with E-state index in [9.17, 15) is 19.8 Å². The number of hydrogen-bond acceptors (Lipinski definition) is 8. The second-order valence-electron chi connectivity index (χ2n) is 7.35. The van der Waals surface area contributed by atoms with Gasteiger partial charge < -0.3 is 25.0 Å². The molecule has 1 saturated heterocycles. The highest BCUT2D eigenvalue weighted by molar-refractivity contribution is 6.07. The molecule has 2 unspecified atom stereocenters. The standard InChI is InChI=1S/C20H26N4O6/c1-13(11-21-19(27)18(26)20(28)7-9-30-10-8-20)24-12-16(22-23-24)17(25)14-3-5-15(29-2)6-4-14/h3-6,12-13,18,26,28H,7-11H2,1-2H3,(H,21,27). The monoisotopic (exact) mass is 418 g/mol. The average Bonchev–Trinajstić information content (AvgIpc) is 3.27. The van der Waals surface area contributed by atoms with Crippen LogP contribution in [0.4, 0.5) is 0 Å². The number of ether oxygens (including phenoxy) is 2. The molecule has 1 aromatic heterocycles. The maximum atomic E-state index is 12.6. The van der Waals surface area contributed by atoms with Crippen molar-refractivity contribution in [3.05, 3.63) is 41.7 Å². The minimum Gasteiger partial charge on any atom is -0.497 e. The van der Waals surface area contributed by atoms with Crippen molar-refractivity contribution in [2.24, 2.45) is 0 Å². The van der Waals surface area contributed by atoms with Crippen molar-refractivity contribution in [2.45, 2.75) is 37.5 Å². The van der Waals surface area contributed by atoms with Crippen molar-refractivity contribution in [2.75, 3.05) is 26.9 Å². The summed E-state index contributed by atoms with van der Waals surface area (Å²) in [5.41, 5.74) is -0.858. The zero-order valence-corrected chi connectivity index (χ0v) is 16.9. The average molecular weight is 418 g/mol. The van der Waals surface area contributed by atoms with E-state index in [1.165, 1.54) is 10.9 Å². The molecule has 0 radical (unpaired) electrons. The first kappa shape index (κ1) is 21.9. The van der Waals surface area contributed by atoms with E-state index in [0.29, 0.717) is 24.5 Å². The summed E-state index contributed by atoms with van der Waals surface area (Å²) in [6.07, 6.45) is 0.344. The molecule has 1 aromatic carbocycles. The Hall–Kier alpha value is -2.82. The molecule has 2 heterocycles. The predicted molar refractivity (Wildman–Crippen MR) is 105 cm³/mol. The third-order valence-electron chi connectivity index (χ3n) is 5.23. The summed E-state index contributed by atoms with van der Waals surface area (Å²) in [7, 11) is 1.55. The molecular weight excluding hydrogens is 392 g/mol. The lowest BCUT2D eigenvalue weighted by Gasteiger charge is -2.35. The van der Waals surface area contributed by atoms with E-state index in [-0.39, 0.29) is 36.9 Å². The molecule has 10 nitrogen and oxygen atoms in total. The lowest BCUT2D eigenvalue weighted by atomic mass is 9.88. The number of aromatic nitrogens is 3. The van der Waals surface area contributed by atoms with Crippen LogP contribution in [0.2, 0.25) is 0 Å². The molecule has 162 valence electrons. The van der Waals surface area contributed by atoms with Crippen LogP contribution in [-0.2, 0) is 9.53 Å². The molecule has 3 N–H and O–H groups in total. The molecule has 2 aromatic rings. The normalized spacial score (nSPS) is 17.7. The minimum atomic E-state index is -1.54. The molecule has 2 atom stereocenters. The minimum absolute atomic E-state index is 0.141. The van der Waals surface area contributed by atoms with Gasteiger partial charge in [0, 0.05) is 38.2 Å². The largest absolute Gasteiger partial charge is 0.497 e. The lowest BCUT2D eigenvalue weighted by molar-refractivity contribution is -0.159. The van der Waals surface area contributed by atoms with Gasteiger partial charge in [-0.3, -0.25) is 9.59 Å². The van der Waals surface area contributed by atoms with Gasteiger partial charge in [0.25, 0.3) is 5.91 Å². The summed E-state index contributed by atoms with van der Waals surface area (Å²) in [6, 6.07) is 6.34. The van der Waals surface area contributed by atoms with Crippen LogP contribution in [0, 0.1) is 0 Å². The predicted octanol–water partition coefficient (Wildman–Crippen LogP) is 0.0973. The van der Waals surface area contributed by atoms with Gasteiger partial charge in [-0.1, -0.05) is 5.21 Å². The maximum absolute atomic E-state index is 12.6. The van der Waals surface area contributed by atoms with Crippen LogP contribution in [-0.4, -0.2) is 75.5 Å². The Labute approximate surface area is 173 Å². The zero-order valence-electron chi connectivity index (χ0n) is 16.9. The molecular formula is C20H26N4O6. The van der Waals surface area contributed by atoms with Gasteiger partial charge in [0.15, 0.2) is 11.8 Å². The third-order valence-corrected chi connectivity index (χ3v) is 5.23. The number of amides is 1. The highest BCUT2D eigenvalue weighted by Gasteiger charge is 2.41. The molecule has 3 rings (SSSR count). The molecule has 10 heteroatoms. The van der Waals surface area contributed by atoms with Crippen molar-refractivity contribution in [3.63, 3.8) is 0 Å². The van der Waals surface area contributed by atoms with Gasteiger partial charge in [0.2, 0.25) is 5.78 Å². The zero-order chi connectivity index (χ0) is 21.7. The van der Waals surface area contributed by atoms with E-state index >= 15 is 0 Å². The highest BCUT2D eigenvalue weighted by Crippen LogP contribution is 2.24. The van der Waals surface area contributed by atoms with Crippen molar-refractivity contribution < 1.29 is 29.3 Å². The SMILES string of the molecule is COc1ccc(C(=O)c2cn(C(C)CNC(=O)C(O)C3(O)CCOCC3)nn2)cc1. The first-order valence-corrected chi connectivity index (χ1v) is 9.70. The number of hydrogen-bond donors (Lipinski definition) is 3. The van der Waals surface area contributed by atoms with E-state index in [1.807, 2.05) is 0 Å². The molecule has 30 heavy (non-hydrogen) atoms. The molecule has 1 amide bonds. The van der Waals surface area contributed by atoms with E-state index in [0.717, 1.165) is 0 Å². The van der Waals surface area contributed by atoms with Crippen molar-refractivity contribution >= 4 is 11.7 Å². The fourth-order valence-electron chi connectivity index (χ4n) is 3.17. The third kappa shape index (κ3) is 4.84. The van der Waals surface area contributed by atoms with E-state index in [2.05, 4.69) is 15.6 Å². The van der Waals surface area contributed by atoms with Crippen molar-refractivity contribution in [1.82, 2.24) is 20.3 Å². The van der Waals surface area contributed by atoms with Crippen LogP contribution in [0.3, 0.4) is 0 Å². The summed E-state index contributed by atoms with van der Waals surface area (Å²) >= 11 is 0. The Balaban J connectivity index is 1.57. The Kier molecular flexibility index (Phi) is 6.80. The van der Waals surface area contributed by atoms with Crippen LogP contribution in [0.1, 0.15) is 41.9 Å². The Morgan fingerprint density at radius 3 is 2.60 bits per heavy atom. The van der Waals surface area contributed by atoms with Crippen molar-refractivity contribution in [1.29, 1.82) is 0 Å². The van der Waals surface area contributed by atoms with Crippen molar-refractivity contribution in [3.8, 4) is 5.75 Å². The summed E-state index contributed by atoms with van der Waals surface area (Å²) < 4.78 is 11.7. The number of methoxy groups -OCH3 is 1. The Bertz CT molecular complexity index is 876. The topological polar surface area (TPSA) is 136 Å². The van der Waals surface area contributed by atoms with Gasteiger partial charge in [-0.2, -0.15) is 0 Å². The smallest absolute Gasteiger partial charge is 0.251 e. The summed E-state index contributed by atoms with van der Waals surface area (Å²) in [6.45, 7) is 2.51. The van der Waals surface area contributed by atoms with E-state index < -0.39 is 17.6 Å². The van der Waals surface area contributed by atoms with Gasteiger partial charge in [0.05, 0.1) is 19.3 Å². The van der Waals surface area contributed by atoms with Crippen LogP contribution in [0.5, 0.6) is 5.75 Å². The van der Waals surface area contributed by atoms with E-state index in [4.69, 9.17) is 9.47 Å². The van der Waals surface area contributed by atoms with Crippen LogP contribution < -0.4 is 10.1 Å². The molecule has 1 aliphatic rings. The van der Waals surface area contributed by atoms with Gasteiger partial charge in [-0.05, 0) is 31.2 Å². The number of aliphatic hydroxyl groups excluding tert-OH is 1. The van der Waals surface area contributed by atoms with Gasteiger partial charge in [-0.15, -0.1) is 5.10 Å². The summed E-state index contributed by atoms with van der Waals surface area (Å²) in [5, 5.41) is 31.1. The van der Waals surface area contributed by atoms with Crippen LogP contribution >= 0.6 is 0 Å². The van der Waals surface area contributed by atoms with Gasteiger partial charge in [-0.25, -0.2) is 4.68 Å². The van der Waals surface area contributed by atoms with Crippen LogP contribution in [0.25, 0.3) is 0 Å². The number of carbonyl (C=O) groups is 2. The fourth-order valence-corrected chi connectivity index (χ4v) is 3.17. The number of benzene rings is 1. The summed E-state index contributed by atoms with van der Waals surface area (Å²) in [4.78, 5) is 24.8. The van der Waals surface area contributed by atoms with Gasteiger partial charge in [0.1, 0.15) is 11.4 Å². The number of nitrogens with zero attached hydrogens (tertiary/aromatic N) is 3. The maximum Gasteiger partial charge on any atom is 0.251 e. The number of ketones is 1. The molecule has 0 aliphatic carbocycles. The quantitative estimate of drug-likeness (QED) is 0.514. The second-order valence-corrected chi connectivity index (χ2v) is 7.35. The lowest BCUT2D eigenvalue weighted by Crippen LogP contribution is -2.54. The number of carbonyl (C=O) groups excluding carboxylic acids is 2. The summed E-state index contributed by atoms with van der Waals surface area (Å²) in [5.74, 6) is -0.301. The number of nitrogens with one attached hydrogen (secondary N) is 1. The van der Waals surface area contributed by atoms with Crippen LogP contribution in [0.15, 0.2) is 30.5 Å². The highest BCUT2D eigenvalue weighted by atomic mass is 16.5. The first-order valence-electron chi connectivity index (χ1n) is 9.70. The first-order chi connectivity index (χ1) is 14.3. The molecule has 0 spiro atoms. The van der Waals surface area contributed by atoms with Gasteiger partial charge >= 0.3 is 0 Å². The molecule has 0 saturated carbocycles. The van der Waals surface area contributed by atoms with E-state index in [1.54, 1.807) is 38.3 Å². The Morgan fingerprint density at radius 2 is 1.97 bits per heavy atom. The Morgan fingerprint density at radius 1 is 1.30 bits per heavy atom. The second kappa shape index (κ2) is 9.33. The number of aliphatic hydroxyl groups is 2. The molecule has 1 aliphatic heterocycles.